The van der Waals surface area contributed by atoms with E-state index in [0.717, 1.165) is 11.3 Å². The molecule has 5 nitrogen and oxygen atoms in total. The Labute approximate surface area is 142 Å². The number of aromatic nitrogens is 1. The van der Waals surface area contributed by atoms with Crippen molar-refractivity contribution in [1.82, 2.24) is 10.3 Å². The average Bonchev–Trinajstić information content (AvgIpc) is 2.55. The Morgan fingerprint density at radius 3 is 2.12 bits per heavy atom. The summed E-state index contributed by atoms with van der Waals surface area (Å²) in [5.41, 5.74) is 2.99. The number of nitrogens with zero attached hydrogens (tertiary/aromatic N) is 1. The Morgan fingerprint density at radius 1 is 0.958 bits per heavy atom. The van der Waals surface area contributed by atoms with Crippen molar-refractivity contribution in [2.45, 2.75) is 33.7 Å². The second kappa shape index (κ2) is 7.73. The fraction of sp³-hybridized carbons (Fsp3) is 0.316. The normalized spacial score (nSPS) is 10.8. The van der Waals surface area contributed by atoms with E-state index in [-0.39, 0.29) is 23.8 Å². The van der Waals surface area contributed by atoms with Crippen molar-refractivity contribution in [3.8, 4) is 11.3 Å². The molecule has 2 amide bonds. The number of anilines is 1. The summed E-state index contributed by atoms with van der Waals surface area (Å²) in [6, 6.07) is 11.1. The molecule has 2 aromatic rings. The van der Waals surface area contributed by atoms with Crippen LogP contribution >= 0.6 is 0 Å². The topological polar surface area (TPSA) is 71.1 Å². The minimum Gasteiger partial charge on any atom is -0.350 e. The molecule has 0 spiro atoms. The first-order chi connectivity index (χ1) is 11.4. The molecule has 0 bridgehead atoms. The average molecular weight is 325 g/mol. The molecule has 0 saturated carbocycles. The summed E-state index contributed by atoms with van der Waals surface area (Å²) in [5, 5.41) is 5.67. The molecule has 0 aliphatic carbocycles. The Bertz CT molecular complexity index is 704. The fourth-order valence-corrected chi connectivity index (χ4v) is 2.06. The molecule has 126 valence electrons. The molecular weight excluding hydrogens is 302 g/mol. The predicted octanol–water partition coefficient (Wildman–Crippen LogP) is 3.48. The molecule has 2 N–H and O–H groups in total. The summed E-state index contributed by atoms with van der Waals surface area (Å²) >= 11 is 0. The molecule has 1 aromatic heterocycles. The maximum absolute atomic E-state index is 11.9. The first kappa shape index (κ1) is 17.7. The molecular formula is C19H23N3O2. The van der Waals surface area contributed by atoms with Crippen LogP contribution in [0.4, 0.5) is 5.69 Å². The number of hydrogen-bond acceptors (Lipinski definition) is 3. The number of amides is 2. The van der Waals surface area contributed by atoms with Gasteiger partial charge in [-0.15, -0.1) is 0 Å². The lowest BCUT2D eigenvalue weighted by Crippen LogP contribution is -2.29. The zero-order chi connectivity index (χ0) is 17.7. The van der Waals surface area contributed by atoms with Gasteiger partial charge < -0.3 is 10.6 Å². The highest BCUT2D eigenvalue weighted by Gasteiger charge is 2.09. The highest BCUT2D eigenvalue weighted by Crippen LogP contribution is 2.19. The third kappa shape index (κ3) is 4.65. The third-order valence-corrected chi connectivity index (χ3v) is 3.42. The van der Waals surface area contributed by atoms with Gasteiger partial charge in [-0.1, -0.05) is 26.0 Å². The lowest BCUT2D eigenvalue weighted by Gasteiger charge is -2.09. The van der Waals surface area contributed by atoms with E-state index in [9.17, 15) is 9.59 Å². The van der Waals surface area contributed by atoms with E-state index in [4.69, 9.17) is 0 Å². The smallest absolute Gasteiger partial charge is 0.251 e. The van der Waals surface area contributed by atoms with Gasteiger partial charge in [0.1, 0.15) is 0 Å². The van der Waals surface area contributed by atoms with Crippen LogP contribution in [0.2, 0.25) is 0 Å². The zero-order valence-electron chi connectivity index (χ0n) is 14.5. The van der Waals surface area contributed by atoms with E-state index >= 15 is 0 Å². The summed E-state index contributed by atoms with van der Waals surface area (Å²) in [6.07, 6.45) is 1.63. The van der Waals surface area contributed by atoms with Crippen LogP contribution in [0.1, 0.15) is 38.1 Å². The number of pyridine rings is 1. The number of nitrogens with one attached hydrogen (secondary N) is 2. The van der Waals surface area contributed by atoms with E-state index in [2.05, 4.69) is 15.6 Å². The number of hydrogen-bond donors (Lipinski definition) is 2. The summed E-state index contributed by atoms with van der Waals surface area (Å²) in [5.74, 6) is -0.199. The molecule has 0 saturated heterocycles. The molecule has 1 aromatic carbocycles. The van der Waals surface area contributed by atoms with E-state index < -0.39 is 0 Å². The molecule has 0 unspecified atom stereocenters. The molecule has 5 heteroatoms. The van der Waals surface area contributed by atoms with Gasteiger partial charge in [-0.25, -0.2) is 0 Å². The van der Waals surface area contributed by atoms with Crippen LogP contribution in [0.25, 0.3) is 11.3 Å². The van der Waals surface area contributed by atoms with Crippen LogP contribution < -0.4 is 10.6 Å². The molecule has 24 heavy (non-hydrogen) atoms. The lowest BCUT2D eigenvalue weighted by atomic mass is 10.1. The van der Waals surface area contributed by atoms with Crippen molar-refractivity contribution >= 4 is 17.5 Å². The summed E-state index contributed by atoms with van der Waals surface area (Å²) in [7, 11) is 0. The number of carbonyl (C=O) groups is 2. The van der Waals surface area contributed by atoms with E-state index in [1.54, 1.807) is 18.3 Å². The maximum atomic E-state index is 11.9. The highest BCUT2D eigenvalue weighted by molar-refractivity contribution is 5.95. The summed E-state index contributed by atoms with van der Waals surface area (Å²) in [4.78, 5) is 28.0. The van der Waals surface area contributed by atoms with Crippen molar-refractivity contribution < 1.29 is 9.59 Å². The van der Waals surface area contributed by atoms with Crippen molar-refractivity contribution in [2.75, 3.05) is 5.32 Å². The standard InChI is InChI=1S/C19H23N3O2/c1-12(2)18(23)22-16-9-10-17(20-11-16)14-5-7-15(8-6-14)19(24)21-13(3)4/h5-13H,1-4H3,(H,21,24)(H,22,23). The summed E-state index contributed by atoms with van der Waals surface area (Å²) in [6.45, 7) is 7.54. The van der Waals surface area contributed by atoms with Crippen LogP contribution in [0.5, 0.6) is 0 Å². The Hall–Kier alpha value is -2.69. The van der Waals surface area contributed by atoms with Gasteiger partial charge in [0.05, 0.1) is 17.6 Å². The van der Waals surface area contributed by atoms with Crippen molar-refractivity contribution in [1.29, 1.82) is 0 Å². The van der Waals surface area contributed by atoms with Crippen LogP contribution in [0.3, 0.4) is 0 Å². The molecule has 1 heterocycles. The third-order valence-electron chi connectivity index (χ3n) is 3.42. The van der Waals surface area contributed by atoms with Gasteiger partial charge in [-0.3, -0.25) is 14.6 Å². The molecule has 0 aliphatic rings. The zero-order valence-corrected chi connectivity index (χ0v) is 14.5. The van der Waals surface area contributed by atoms with Crippen LogP contribution in [0.15, 0.2) is 42.6 Å². The first-order valence-electron chi connectivity index (χ1n) is 8.05. The van der Waals surface area contributed by atoms with Crippen LogP contribution in [-0.4, -0.2) is 22.8 Å². The second-order valence-electron chi connectivity index (χ2n) is 6.28. The highest BCUT2D eigenvalue weighted by atomic mass is 16.2. The van der Waals surface area contributed by atoms with Gasteiger partial charge in [0, 0.05) is 23.1 Å². The molecule has 0 aliphatic heterocycles. The van der Waals surface area contributed by atoms with Crippen molar-refractivity contribution in [2.24, 2.45) is 5.92 Å². The van der Waals surface area contributed by atoms with Crippen LogP contribution in [-0.2, 0) is 4.79 Å². The van der Waals surface area contributed by atoms with Crippen molar-refractivity contribution in [3.05, 3.63) is 48.2 Å². The predicted molar refractivity (Wildman–Crippen MR) is 95.7 cm³/mol. The summed E-state index contributed by atoms with van der Waals surface area (Å²) < 4.78 is 0. The minimum absolute atomic E-state index is 0.0370. The van der Waals surface area contributed by atoms with E-state index in [1.807, 2.05) is 52.0 Å². The Kier molecular flexibility index (Phi) is 5.68. The van der Waals surface area contributed by atoms with Gasteiger partial charge in [0.15, 0.2) is 0 Å². The maximum Gasteiger partial charge on any atom is 0.251 e. The number of benzene rings is 1. The molecule has 2 rings (SSSR count). The largest absolute Gasteiger partial charge is 0.350 e. The Morgan fingerprint density at radius 2 is 1.62 bits per heavy atom. The van der Waals surface area contributed by atoms with Crippen molar-refractivity contribution in [3.63, 3.8) is 0 Å². The quantitative estimate of drug-likeness (QED) is 0.884. The molecule has 0 fully saturated rings. The van der Waals surface area contributed by atoms with E-state index in [1.165, 1.54) is 0 Å². The Balaban J connectivity index is 2.09. The first-order valence-corrected chi connectivity index (χ1v) is 8.05. The van der Waals surface area contributed by atoms with Gasteiger partial charge >= 0.3 is 0 Å². The second-order valence-corrected chi connectivity index (χ2v) is 6.28. The van der Waals surface area contributed by atoms with Gasteiger partial charge in [-0.05, 0) is 38.1 Å². The monoisotopic (exact) mass is 325 g/mol. The molecule has 0 atom stereocenters. The number of carbonyl (C=O) groups excluding carboxylic acids is 2. The fourth-order valence-electron chi connectivity index (χ4n) is 2.06. The minimum atomic E-state index is -0.0868. The van der Waals surface area contributed by atoms with Gasteiger partial charge in [-0.2, -0.15) is 0 Å². The molecule has 0 radical (unpaired) electrons. The van der Waals surface area contributed by atoms with Gasteiger partial charge in [0.25, 0.3) is 5.91 Å². The van der Waals surface area contributed by atoms with Gasteiger partial charge in [0.2, 0.25) is 5.91 Å². The lowest BCUT2D eigenvalue weighted by molar-refractivity contribution is -0.118. The number of rotatable bonds is 5. The van der Waals surface area contributed by atoms with E-state index in [0.29, 0.717) is 11.3 Å². The van der Waals surface area contributed by atoms with Crippen LogP contribution in [0, 0.1) is 5.92 Å². The SMILES string of the molecule is CC(C)NC(=O)c1ccc(-c2ccc(NC(=O)C(C)C)cn2)cc1.